The van der Waals surface area contributed by atoms with Crippen molar-refractivity contribution < 1.29 is 14.4 Å². The predicted molar refractivity (Wildman–Crippen MR) is 158 cm³/mol. The highest BCUT2D eigenvalue weighted by molar-refractivity contribution is 7.99. The number of hydrogen-bond acceptors (Lipinski definition) is 4. The molecule has 0 aliphatic carbocycles. The summed E-state index contributed by atoms with van der Waals surface area (Å²) in [5.74, 6) is 8.45. The molecule has 2 saturated heterocycles. The molecular weight excluding hydrogens is 475 g/mol. The topological polar surface area (TPSA) is 38.7 Å². The Kier molecular flexibility index (Phi) is 8.00. The largest absolute Gasteiger partial charge is 0.495 e. The Balaban J connectivity index is 1.65. The third kappa shape index (κ3) is 5.41. The third-order valence-electron chi connectivity index (χ3n) is 9.07. The Morgan fingerprint density at radius 2 is 1.43 bits per heavy atom. The van der Waals surface area contributed by atoms with Gasteiger partial charge in [-0.1, -0.05) is 61.6 Å². The van der Waals surface area contributed by atoms with Gasteiger partial charge in [0.1, 0.15) is 5.60 Å². The van der Waals surface area contributed by atoms with Gasteiger partial charge in [-0.2, -0.15) is 11.8 Å². The molecule has 2 aliphatic heterocycles. The van der Waals surface area contributed by atoms with E-state index in [9.17, 15) is 5.11 Å². The van der Waals surface area contributed by atoms with Gasteiger partial charge in [-0.25, -0.2) is 0 Å². The quantitative estimate of drug-likeness (QED) is 0.372. The van der Waals surface area contributed by atoms with E-state index in [0.717, 1.165) is 53.8 Å². The Labute approximate surface area is 229 Å². The summed E-state index contributed by atoms with van der Waals surface area (Å²) in [6.07, 6.45) is 3.50. The fourth-order valence-electron chi connectivity index (χ4n) is 5.56. The lowest BCUT2D eigenvalue weighted by atomic mass is 9.68. The third-order valence-corrected chi connectivity index (χ3v) is 10.1. The van der Waals surface area contributed by atoms with Crippen LogP contribution in [-0.4, -0.2) is 40.5 Å². The van der Waals surface area contributed by atoms with E-state index in [4.69, 9.17) is 9.31 Å². The van der Waals surface area contributed by atoms with Gasteiger partial charge in [0.2, 0.25) is 0 Å². The molecule has 0 saturated carbocycles. The maximum absolute atomic E-state index is 10.8. The molecule has 2 heterocycles. The first-order valence-electron chi connectivity index (χ1n) is 13.8. The van der Waals surface area contributed by atoms with Crippen molar-refractivity contribution >= 4 is 24.3 Å². The van der Waals surface area contributed by atoms with Crippen LogP contribution < -0.4 is 5.46 Å². The number of aryl methyl sites for hydroxylation is 2. The molecule has 0 bridgehead atoms. The minimum absolute atomic E-state index is 0.0886. The van der Waals surface area contributed by atoms with Gasteiger partial charge in [0.05, 0.1) is 11.2 Å². The van der Waals surface area contributed by atoms with Gasteiger partial charge < -0.3 is 14.4 Å². The van der Waals surface area contributed by atoms with Crippen LogP contribution in [-0.2, 0) is 14.7 Å². The first-order chi connectivity index (χ1) is 17.4. The van der Waals surface area contributed by atoms with E-state index in [1.54, 1.807) is 0 Å². The summed E-state index contributed by atoms with van der Waals surface area (Å²) in [6.45, 7) is 17.3. The van der Waals surface area contributed by atoms with Crippen LogP contribution in [0.15, 0.2) is 36.4 Å². The van der Waals surface area contributed by atoms with Crippen molar-refractivity contribution in [2.24, 2.45) is 0 Å². The van der Waals surface area contributed by atoms with Crippen molar-refractivity contribution in [3.8, 4) is 11.8 Å². The molecule has 198 valence electrons. The summed E-state index contributed by atoms with van der Waals surface area (Å²) in [4.78, 5) is 0. The van der Waals surface area contributed by atoms with Crippen LogP contribution in [0.5, 0.6) is 0 Å². The molecule has 0 atom stereocenters. The van der Waals surface area contributed by atoms with Crippen molar-refractivity contribution in [3.63, 3.8) is 0 Å². The van der Waals surface area contributed by atoms with E-state index in [-0.39, 0.29) is 23.7 Å². The molecule has 3 nitrogen and oxygen atoms in total. The lowest BCUT2D eigenvalue weighted by Gasteiger charge is -2.34. The van der Waals surface area contributed by atoms with Crippen LogP contribution in [0.4, 0.5) is 0 Å². The smallest absolute Gasteiger partial charge is 0.399 e. The van der Waals surface area contributed by atoms with Crippen LogP contribution in [0.25, 0.3) is 0 Å². The predicted octanol–water partition coefficient (Wildman–Crippen LogP) is 6.32. The molecule has 0 unspecified atom stereocenters. The molecule has 4 rings (SSSR count). The molecular formula is C32H43BO3S. The molecule has 2 fully saturated rings. The van der Waals surface area contributed by atoms with Gasteiger partial charge in [-0.05, 0) is 107 Å². The normalized spacial score (nSPS) is 20.4. The molecule has 0 amide bonds. The Morgan fingerprint density at radius 3 is 1.95 bits per heavy atom. The molecule has 0 radical (unpaired) electrons. The second-order valence-electron chi connectivity index (χ2n) is 11.9. The lowest BCUT2D eigenvalue weighted by Crippen LogP contribution is -2.41. The number of rotatable bonds is 5. The highest BCUT2D eigenvalue weighted by atomic mass is 32.2. The van der Waals surface area contributed by atoms with Crippen molar-refractivity contribution in [1.82, 2.24) is 0 Å². The molecule has 37 heavy (non-hydrogen) atoms. The van der Waals surface area contributed by atoms with Crippen LogP contribution in [0.3, 0.4) is 0 Å². The fraction of sp³-hybridized carbons (Fsp3) is 0.562. The van der Waals surface area contributed by atoms with Crippen molar-refractivity contribution in [2.75, 3.05) is 11.5 Å². The second-order valence-corrected chi connectivity index (χ2v) is 13.1. The highest BCUT2D eigenvalue weighted by Gasteiger charge is 2.52. The highest BCUT2D eigenvalue weighted by Crippen LogP contribution is 2.41. The van der Waals surface area contributed by atoms with E-state index in [0.29, 0.717) is 0 Å². The van der Waals surface area contributed by atoms with Crippen molar-refractivity contribution in [1.29, 1.82) is 0 Å². The summed E-state index contributed by atoms with van der Waals surface area (Å²) in [7, 11) is -0.352. The number of thioether (sulfide) groups is 1. The van der Waals surface area contributed by atoms with Crippen molar-refractivity contribution in [3.05, 3.63) is 64.2 Å². The number of aliphatic hydroxyl groups is 1. The van der Waals surface area contributed by atoms with E-state index in [1.165, 1.54) is 16.7 Å². The fourth-order valence-corrected chi connectivity index (χ4v) is 6.73. The van der Waals surface area contributed by atoms with Gasteiger partial charge >= 0.3 is 7.12 Å². The Bertz CT molecular complexity index is 1180. The summed E-state index contributed by atoms with van der Waals surface area (Å²) in [6, 6.07) is 13.5. The standard InChI is InChI=1S/C32H43BO3S/c1-9-32(10-2,26-12-11-25(23(3)21-26)15-16-31(34)17-19-37-20-18-31)27-13-14-28(24(4)22-27)33-35-29(5,6)30(7,8)36-33/h11-14,21-22,34H,9-10,17-20H2,1-8H3. The number of benzene rings is 2. The summed E-state index contributed by atoms with van der Waals surface area (Å²) in [5, 5.41) is 10.8. The van der Waals surface area contributed by atoms with E-state index >= 15 is 0 Å². The minimum atomic E-state index is -0.844. The first kappa shape index (κ1) is 28.3. The minimum Gasteiger partial charge on any atom is -0.399 e. The van der Waals surface area contributed by atoms with Crippen LogP contribution in [0, 0.1) is 25.7 Å². The molecule has 0 spiro atoms. The summed E-state index contributed by atoms with van der Waals surface area (Å²) >= 11 is 1.90. The average molecular weight is 519 g/mol. The van der Waals surface area contributed by atoms with Gasteiger partial charge in [-0.3, -0.25) is 0 Å². The average Bonchev–Trinajstić information content (AvgIpc) is 3.06. The first-order valence-corrected chi connectivity index (χ1v) is 14.9. The molecule has 2 aromatic carbocycles. The van der Waals surface area contributed by atoms with Crippen LogP contribution >= 0.6 is 11.8 Å². The van der Waals surface area contributed by atoms with Crippen LogP contribution in [0.2, 0.25) is 0 Å². The van der Waals surface area contributed by atoms with Gasteiger partial charge in [-0.15, -0.1) is 0 Å². The monoisotopic (exact) mass is 518 g/mol. The molecule has 2 aromatic rings. The SMILES string of the molecule is CCC(CC)(c1ccc(C#CC2(O)CCSCC2)c(C)c1)c1ccc(B2OC(C)(C)C(C)(C)O2)c(C)c1. The molecule has 2 aliphatic rings. The molecule has 0 aromatic heterocycles. The Hall–Kier alpha value is -1.71. The van der Waals surface area contributed by atoms with E-state index in [2.05, 4.69) is 104 Å². The van der Waals surface area contributed by atoms with E-state index in [1.807, 2.05) is 11.8 Å². The molecule has 5 heteroatoms. The molecule has 1 N–H and O–H groups in total. The van der Waals surface area contributed by atoms with E-state index < -0.39 is 5.60 Å². The van der Waals surface area contributed by atoms with Gasteiger partial charge in [0, 0.05) is 11.0 Å². The Morgan fingerprint density at radius 1 is 0.892 bits per heavy atom. The second kappa shape index (κ2) is 10.5. The summed E-state index contributed by atoms with van der Waals surface area (Å²) in [5.41, 5.74) is 5.46. The lowest BCUT2D eigenvalue weighted by molar-refractivity contribution is 0.00578. The zero-order valence-corrected chi connectivity index (χ0v) is 24.8. The maximum atomic E-state index is 10.8. The van der Waals surface area contributed by atoms with Gasteiger partial charge in [0.15, 0.2) is 0 Å². The van der Waals surface area contributed by atoms with Crippen molar-refractivity contribution in [2.45, 2.75) is 103 Å². The maximum Gasteiger partial charge on any atom is 0.495 e. The van der Waals surface area contributed by atoms with Crippen LogP contribution in [0.1, 0.15) is 95.0 Å². The summed E-state index contributed by atoms with van der Waals surface area (Å²) < 4.78 is 12.7. The van der Waals surface area contributed by atoms with Gasteiger partial charge in [0.25, 0.3) is 0 Å². The zero-order valence-electron chi connectivity index (χ0n) is 24.0. The zero-order chi connectivity index (χ0) is 27.1. The number of hydrogen-bond donors (Lipinski definition) is 1.